The number of piperidine rings is 1. The van der Waals surface area contributed by atoms with Crippen molar-refractivity contribution in [3.8, 4) is 22.9 Å². The highest BCUT2D eigenvalue weighted by Crippen LogP contribution is 2.33. The highest BCUT2D eigenvalue weighted by atomic mass is 16.7. The van der Waals surface area contributed by atoms with Gasteiger partial charge in [0.15, 0.2) is 11.5 Å². The molecule has 35 heavy (non-hydrogen) atoms. The standard InChI is InChI=1S/C26H26N4O5/c1-2-23(31)27-20-5-3-4-19(15-20)25-28-26(35-29-25)18-10-12-30(13-11-18)24(32)9-7-17-6-8-21-22(14-17)34-16-33-21/h3-9,14-15,18H,2,10-13,16H2,1H3,(H,27,31). The maximum absolute atomic E-state index is 12.7. The molecule has 180 valence electrons. The van der Waals surface area contributed by atoms with Crippen LogP contribution >= 0.6 is 0 Å². The average Bonchev–Trinajstić information content (AvgIpc) is 3.57. The lowest BCUT2D eigenvalue weighted by Crippen LogP contribution is -2.36. The number of nitrogens with one attached hydrogen (secondary N) is 1. The average molecular weight is 475 g/mol. The summed E-state index contributed by atoms with van der Waals surface area (Å²) in [5.74, 6) is 2.48. The van der Waals surface area contributed by atoms with E-state index in [0.717, 1.165) is 29.7 Å². The number of hydrogen-bond acceptors (Lipinski definition) is 7. The van der Waals surface area contributed by atoms with Crippen molar-refractivity contribution in [2.45, 2.75) is 32.1 Å². The molecule has 3 aromatic rings. The van der Waals surface area contributed by atoms with Gasteiger partial charge in [0, 0.05) is 42.8 Å². The molecular formula is C26H26N4O5. The molecule has 0 unspecified atom stereocenters. The number of anilines is 1. The number of carbonyl (C=O) groups excluding carboxylic acids is 2. The largest absolute Gasteiger partial charge is 0.454 e. The Morgan fingerprint density at radius 3 is 2.77 bits per heavy atom. The number of amides is 2. The van der Waals surface area contributed by atoms with E-state index in [1.54, 1.807) is 19.1 Å². The van der Waals surface area contributed by atoms with Gasteiger partial charge < -0.3 is 24.2 Å². The van der Waals surface area contributed by atoms with Crippen molar-refractivity contribution >= 4 is 23.6 Å². The first-order chi connectivity index (χ1) is 17.1. The summed E-state index contributed by atoms with van der Waals surface area (Å²) in [5, 5.41) is 6.97. The Morgan fingerprint density at radius 1 is 1.11 bits per heavy atom. The molecule has 1 saturated heterocycles. The molecule has 2 aliphatic rings. The molecule has 2 amide bonds. The van der Waals surface area contributed by atoms with Crippen LogP contribution in [-0.2, 0) is 9.59 Å². The smallest absolute Gasteiger partial charge is 0.246 e. The monoisotopic (exact) mass is 474 g/mol. The van der Waals surface area contributed by atoms with Crippen LogP contribution in [0.25, 0.3) is 17.5 Å². The van der Waals surface area contributed by atoms with Crippen LogP contribution in [0.5, 0.6) is 11.5 Å². The number of nitrogens with zero attached hydrogens (tertiary/aromatic N) is 3. The van der Waals surface area contributed by atoms with Crippen LogP contribution in [-0.4, -0.2) is 46.7 Å². The van der Waals surface area contributed by atoms with E-state index in [1.165, 1.54) is 0 Å². The molecule has 1 aromatic heterocycles. The zero-order valence-electron chi connectivity index (χ0n) is 19.4. The fourth-order valence-electron chi connectivity index (χ4n) is 4.14. The van der Waals surface area contributed by atoms with Gasteiger partial charge in [0.25, 0.3) is 0 Å². The topological polar surface area (TPSA) is 107 Å². The van der Waals surface area contributed by atoms with Crippen LogP contribution in [0.2, 0.25) is 0 Å². The van der Waals surface area contributed by atoms with Gasteiger partial charge in [0.2, 0.25) is 30.3 Å². The molecule has 5 rings (SSSR count). The number of benzene rings is 2. The van der Waals surface area contributed by atoms with Gasteiger partial charge in [-0.1, -0.05) is 30.3 Å². The molecule has 0 spiro atoms. The second kappa shape index (κ2) is 10.0. The summed E-state index contributed by atoms with van der Waals surface area (Å²) in [4.78, 5) is 30.8. The number of carbonyl (C=O) groups is 2. The van der Waals surface area contributed by atoms with Crippen molar-refractivity contribution in [2.75, 3.05) is 25.2 Å². The second-order valence-corrected chi connectivity index (χ2v) is 8.48. The van der Waals surface area contributed by atoms with Gasteiger partial charge >= 0.3 is 0 Å². The van der Waals surface area contributed by atoms with Gasteiger partial charge in [-0.25, -0.2) is 0 Å². The molecule has 0 atom stereocenters. The van der Waals surface area contributed by atoms with Crippen LogP contribution < -0.4 is 14.8 Å². The number of ether oxygens (including phenoxy) is 2. The van der Waals surface area contributed by atoms with Crippen molar-refractivity contribution < 1.29 is 23.6 Å². The molecule has 1 N–H and O–H groups in total. The molecule has 2 aliphatic heterocycles. The summed E-state index contributed by atoms with van der Waals surface area (Å²) in [7, 11) is 0. The maximum Gasteiger partial charge on any atom is 0.246 e. The molecule has 9 nitrogen and oxygen atoms in total. The van der Waals surface area contributed by atoms with Crippen LogP contribution in [0.3, 0.4) is 0 Å². The maximum atomic E-state index is 12.7. The van der Waals surface area contributed by atoms with Gasteiger partial charge in [-0.15, -0.1) is 0 Å². The SMILES string of the molecule is CCC(=O)Nc1cccc(-c2noc(C3CCN(C(=O)C=Cc4ccc5c(c4)OCO5)CC3)n2)c1. The van der Waals surface area contributed by atoms with Crippen molar-refractivity contribution in [1.29, 1.82) is 0 Å². The van der Waals surface area contributed by atoms with Crippen molar-refractivity contribution in [3.05, 3.63) is 60.0 Å². The van der Waals surface area contributed by atoms with Crippen LogP contribution in [0.1, 0.15) is 43.6 Å². The second-order valence-electron chi connectivity index (χ2n) is 8.48. The Hall–Kier alpha value is -4.14. The molecule has 0 radical (unpaired) electrons. The fourth-order valence-corrected chi connectivity index (χ4v) is 4.14. The molecule has 3 heterocycles. The first-order valence-corrected chi connectivity index (χ1v) is 11.7. The van der Waals surface area contributed by atoms with Crippen LogP contribution in [0, 0.1) is 0 Å². The molecule has 0 aliphatic carbocycles. The Kier molecular flexibility index (Phi) is 6.47. The quantitative estimate of drug-likeness (QED) is 0.533. The summed E-state index contributed by atoms with van der Waals surface area (Å²) >= 11 is 0. The lowest BCUT2D eigenvalue weighted by molar-refractivity contribution is -0.127. The van der Waals surface area contributed by atoms with E-state index in [2.05, 4.69) is 15.5 Å². The van der Waals surface area contributed by atoms with E-state index in [4.69, 9.17) is 14.0 Å². The molecule has 0 saturated carbocycles. The Labute approximate surface area is 202 Å². The predicted molar refractivity (Wildman–Crippen MR) is 129 cm³/mol. The first-order valence-electron chi connectivity index (χ1n) is 11.7. The van der Waals surface area contributed by atoms with E-state index >= 15 is 0 Å². The molecule has 9 heteroatoms. The lowest BCUT2D eigenvalue weighted by Gasteiger charge is -2.29. The summed E-state index contributed by atoms with van der Waals surface area (Å²) in [6.45, 7) is 3.26. The van der Waals surface area contributed by atoms with E-state index in [-0.39, 0.29) is 24.5 Å². The molecule has 2 aromatic carbocycles. The third-order valence-electron chi connectivity index (χ3n) is 6.14. The minimum absolute atomic E-state index is 0.0294. The number of likely N-dealkylation sites (tertiary alicyclic amines) is 1. The summed E-state index contributed by atoms with van der Waals surface area (Å²) < 4.78 is 16.3. The van der Waals surface area contributed by atoms with E-state index < -0.39 is 0 Å². The highest BCUT2D eigenvalue weighted by molar-refractivity contribution is 5.92. The Balaban J connectivity index is 1.17. The normalized spacial score (nSPS) is 15.5. The number of hydrogen-bond donors (Lipinski definition) is 1. The van der Waals surface area contributed by atoms with Gasteiger partial charge in [-0.05, 0) is 48.7 Å². The van der Waals surface area contributed by atoms with Crippen molar-refractivity contribution in [1.82, 2.24) is 15.0 Å². The molecular weight excluding hydrogens is 448 g/mol. The minimum Gasteiger partial charge on any atom is -0.454 e. The van der Waals surface area contributed by atoms with Gasteiger partial charge in [-0.2, -0.15) is 4.98 Å². The zero-order valence-corrected chi connectivity index (χ0v) is 19.4. The van der Waals surface area contributed by atoms with E-state index in [0.29, 0.717) is 42.7 Å². The minimum atomic E-state index is -0.0528. The zero-order chi connectivity index (χ0) is 24.2. The summed E-state index contributed by atoms with van der Waals surface area (Å²) in [6.07, 6.45) is 5.28. The third kappa shape index (κ3) is 5.18. The number of fused-ring (bicyclic) bond motifs is 1. The summed E-state index contributed by atoms with van der Waals surface area (Å²) in [6, 6.07) is 13.0. The fraction of sp³-hybridized carbons (Fsp3) is 0.308. The number of rotatable bonds is 6. The van der Waals surface area contributed by atoms with Crippen molar-refractivity contribution in [2.24, 2.45) is 0 Å². The first kappa shape index (κ1) is 22.6. The van der Waals surface area contributed by atoms with Crippen LogP contribution in [0.15, 0.2) is 53.1 Å². The predicted octanol–water partition coefficient (Wildman–Crippen LogP) is 4.23. The lowest BCUT2D eigenvalue weighted by atomic mass is 9.96. The Morgan fingerprint density at radius 2 is 1.94 bits per heavy atom. The summed E-state index contributed by atoms with van der Waals surface area (Å²) in [5.41, 5.74) is 2.35. The van der Waals surface area contributed by atoms with Crippen molar-refractivity contribution in [3.63, 3.8) is 0 Å². The highest BCUT2D eigenvalue weighted by Gasteiger charge is 2.27. The molecule has 0 bridgehead atoms. The Bertz CT molecular complexity index is 1260. The van der Waals surface area contributed by atoms with E-state index in [9.17, 15) is 9.59 Å². The van der Waals surface area contributed by atoms with E-state index in [1.807, 2.05) is 47.4 Å². The van der Waals surface area contributed by atoms with Gasteiger partial charge in [0.1, 0.15) is 0 Å². The van der Waals surface area contributed by atoms with Crippen LogP contribution in [0.4, 0.5) is 5.69 Å². The third-order valence-corrected chi connectivity index (χ3v) is 6.14. The molecule has 1 fully saturated rings. The van der Waals surface area contributed by atoms with Gasteiger partial charge in [0.05, 0.1) is 0 Å². The number of aromatic nitrogens is 2. The van der Waals surface area contributed by atoms with Gasteiger partial charge in [-0.3, -0.25) is 9.59 Å².